The summed E-state index contributed by atoms with van der Waals surface area (Å²) in [5, 5.41) is 0.918. The quantitative estimate of drug-likeness (QED) is 0.331. The molecule has 0 amide bonds. The van der Waals surface area contributed by atoms with Crippen molar-refractivity contribution in [3.05, 3.63) is 32.7 Å². The lowest BCUT2D eigenvalue weighted by Crippen LogP contribution is -2.31. The van der Waals surface area contributed by atoms with Gasteiger partial charge in [0.25, 0.3) is 0 Å². The molecule has 0 aliphatic rings. The molecule has 1 aromatic carbocycles. The summed E-state index contributed by atoms with van der Waals surface area (Å²) in [5.74, 6) is 0. The summed E-state index contributed by atoms with van der Waals surface area (Å²) in [6.07, 6.45) is -34.3. The summed E-state index contributed by atoms with van der Waals surface area (Å²) in [7, 11) is 0. The Kier molecular flexibility index (Phi) is 5.44. The third-order valence-electron chi connectivity index (χ3n) is 2.98. The van der Waals surface area contributed by atoms with Gasteiger partial charge in [-0.1, -0.05) is 0 Å². The molecule has 17 heteroatoms. The van der Waals surface area contributed by atoms with Crippen molar-refractivity contribution in [2.45, 2.75) is 30.9 Å². The Morgan fingerprint density at radius 2 is 0.571 bits per heavy atom. The van der Waals surface area contributed by atoms with Crippen molar-refractivity contribution in [1.29, 1.82) is 0 Å². The van der Waals surface area contributed by atoms with Gasteiger partial charge >= 0.3 is 30.9 Å². The number of nitrogens with zero attached hydrogens (tertiary/aromatic N) is 1. The van der Waals surface area contributed by atoms with Crippen LogP contribution < -0.4 is 0 Å². The van der Waals surface area contributed by atoms with E-state index in [2.05, 4.69) is 0 Å². The molecule has 2 nitrogen and oxygen atoms in total. The van der Waals surface area contributed by atoms with E-state index in [4.69, 9.17) is 0 Å². The number of hydrogen-bond donors (Lipinski definition) is 0. The van der Waals surface area contributed by atoms with E-state index in [1.165, 1.54) is 0 Å². The van der Waals surface area contributed by atoms with Crippen LogP contribution in [0.2, 0.25) is 0 Å². The molecule has 0 atom stereocenters. The van der Waals surface area contributed by atoms with Gasteiger partial charge in [-0.15, -0.1) is 4.91 Å². The molecule has 0 radical (unpaired) electrons. The predicted octanol–water partition coefficient (Wildman–Crippen LogP) is 7.18. The van der Waals surface area contributed by atoms with Crippen LogP contribution in [0.15, 0.2) is 5.18 Å². The van der Waals surface area contributed by atoms with E-state index >= 15 is 0 Å². The molecule has 0 saturated heterocycles. The molecule has 0 unspecified atom stereocenters. The first-order valence-corrected chi connectivity index (χ1v) is 5.99. The molecule has 1 rings (SSSR count). The second-order valence-electron chi connectivity index (χ2n) is 4.80. The Morgan fingerprint density at radius 1 is 0.393 bits per heavy atom. The van der Waals surface area contributed by atoms with Crippen LogP contribution in [0.1, 0.15) is 27.8 Å². The van der Waals surface area contributed by atoms with E-state index in [1.807, 2.05) is 0 Å². The van der Waals surface area contributed by atoms with E-state index in [0.29, 0.717) is 0 Å². The second kappa shape index (κ2) is 6.40. The molecule has 160 valence electrons. The summed E-state index contributed by atoms with van der Waals surface area (Å²) in [5.41, 5.74) is -24.0. The fraction of sp³-hybridized carbons (Fsp3) is 0.455. The first-order valence-electron chi connectivity index (χ1n) is 5.99. The van der Waals surface area contributed by atoms with Crippen molar-refractivity contribution in [1.82, 2.24) is 0 Å². The van der Waals surface area contributed by atoms with E-state index in [-0.39, 0.29) is 0 Å². The second-order valence-corrected chi connectivity index (χ2v) is 4.80. The van der Waals surface area contributed by atoms with Crippen molar-refractivity contribution in [3.8, 4) is 0 Å². The molecular weight excluding hydrogens is 447 g/mol. The Hall–Kier alpha value is -2.23. The number of hydrogen-bond acceptors (Lipinski definition) is 2. The van der Waals surface area contributed by atoms with Crippen molar-refractivity contribution in [2.75, 3.05) is 0 Å². The molecular formula is C11F15NO. The lowest BCUT2D eigenvalue weighted by atomic mass is 9.87. The number of nitroso groups, excluding NO2 is 1. The number of benzene rings is 1. The van der Waals surface area contributed by atoms with Crippen LogP contribution in [0.3, 0.4) is 0 Å². The van der Waals surface area contributed by atoms with Gasteiger partial charge < -0.3 is 0 Å². The predicted molar refractivity (Wildman–Crippen MR) is 56.9 cm³/mol. The summed E-state index contributed by atoms with van der Waals surface area (Å²) in [4.78, 5) is 10.4. The van der Waals surface area contributed by atoms with Crippen LogP contribution in [0.4, 0.5) is 71.5 Å². The minimum absolute atomic E-state index is 0.918. The third kappa shape index (κ3) is 4.26. The van der Waals surface area contributed by atoms with Gasteiger partial charge in [0.1, 0.15) is 5.69 Å². The van der Waals surface area contributed by atoms with Gasteiger partial charge in [-0.25, -0.2) is 0 Å². The highest BCUT2D eigenvalue weighted by molar-refractivity contribution is 5.67. The SMILES string of the molecule is O=Nc1c(C(F)(F)F)c(C(F)(F)F)c(C(F)(F)F)c(C(F)(F)F)c1C(F)(F)F. The van der Waals surface area contributed by atoms with Crippen LogP contribution >= 0.6 is 0 Å². The lowest BCUT2D eigenvalue weighted by molar-refractivity contribution is -0.188. The standard InChI is InChI=1S/C11F15NO/c12-7(13,14)1-2(8(15,16)17)4(10(21,22)23)6(27-28)5(11(24,25)26)3(1)9(18,19)20. The fourth-order valence-corrected chi connectivity index (χ4v) is 2.23. The number of rotatable bonds is 1. The van der Waals surface area contributed by atoms with E-state index in [1.54, 1.807) is 0 Å². The summed E-state index contributed by atoms with van der Waals surface area (Å²) < 4.78 is 193. The van der Waals surface area contributed by atoms with Crippen LogP contribution in [-0.4, -0.2) is 0 Å². The minimum atomic E-state index is -6.99. The van der Waals surface area contributed by atoms with E-state index in [0.717, 1.165) is 5.18 Å². The smallest absolute Gasteiger partial charge is 0.166 e. The molecule has 0 N–H and O–H groups in total. The Morgan fingerprint density at radius 3 is 0.714 bits per heavy atom. The Balaban J connectivity index is 4.70. The van der Waals surface area contributed by atoms with Crippen molar-refractivity contribution in [2.24, 2.45) is 5.18 Å². The highest BCUT2D eigenvalue weighted by Crippen LogP contribution is 2.58. The highest BCUT2D eigenvalue weighted by atomic mass is 19.4. The zero-order valence-electron chi connectivity index (χ0n) is 12.0. The molecule has 0 spiro atoms. The van der Waals surface area contributed by atoms with Crippen LogP contribution in [-0.2, 0) is 30.9 Å². The summed E-state index contributed by atoms with van der Waals surface area (Å²) in [6, 6.07) is 0. The maximum Gasteiger partial charge on any atom is 0.419 e. The Bertz CT molecular complexity index is 721. The molecule has 28 heavy (non-hydrogen) atoms. The monoisotopic (exact) mass is 447 g/mol. The van der Waals surface area contributed by atoms with Crippen molar-refractivity contribution < 1.29 is 65.9 Å². The van der Waals surface area contributed by atoms with E-state index < -0.39 is 64.4 Å². The van der Waals surface area contributed by atoms with Gasteiger partial charge in [-0.3, -0.25) is 0 Å². The van der Waals surface area contributed by atoms with Gasteiger partial charge in [-0.2, -0.15) is 65.9 Å². The Labute approximate surface area is 141 Å². The normalized spacial score (nSPS) is 14.4. The molecule has 0 bridgehead atoms. The average Bonchev–Trinajstić information content (AvgIpc) is 2.38. The largest absolute Gasteiger partial charge is 0.419 e. The lowest BCUT2D eigenvalue weighted by Gasteiger charge is -2.28. The highest BCUT2D eigenvalue weighted by Gasteiger charge is 2.60. The van der Waals surface area contributed by atoms with Gasteiger partial charge in [-0.05, 0) is 5.18 Å². The zero-order valence-corrected chi connectivity index (χ0v) is 12.0. The first-order chi connectivity index (χ1) is 12.1. The number of alkyl halides is 15. The van der Waals surface area contributed by atoms with Crippen LogP contribution in [0.5, 0.6) is 0 Å². The molecule has 0 aliphatic carbocycles. The molecule has 0 aliphatic heterocycles. The average molecular weight is 447 g/mol. The van der Waals surface area contributed by atoms with Gasteiger partial charge in [0.15, 0.2) is 0 Å². The fourth-order valence-electron chi connectivity index (χ4n) is 2.23. The minimum Gasteiger partial charge on any atom is -0.166 e. The maximum absolute atomic E-state index is 12.9. The third-order valence-corrected chi connectivity index (χ3v) is 2.98. The van der Waals surface area contributed by atoms with Crippen LogP contribution in [0, 0.1) is 4.91 Å². The first kappa shape index (κ1) is 23.8. The van der Waals surface area contributed by atoms with Gasteiger partial charge in [0, 0.05) is 0 Å². The molecule has 1 aromatic rings. The number of halogens is 15. The van der Waals surface area contributed by atoms with Gasteiger partial charge in [0.2, 0.25) is 0 Å². The van der Waals surface area contributed by atoms with Crippen molar-refractivity contribution in [3.63, 3.8) is 0 Å². The molecule has 0 heterocycles. The molecule has 0 saturated carbocycles. The molecule has 0 fully saturated rings. The van der Waals surface area contributed by atoms with Crippen molar-refractivity contribution >= 4 is 5.69 Å². The van der Waals surface area contributed by atoms with E-state index in [9.17, 15) is 70.8 Å². The van der Waals surface area contributed by atoms with Gasteiger partial charge in [0.05, 0.1) is 27.8 Å². The summed E-state index contributed by atoms with van der Waals surface area (Å²) >= 11 is 0. The zero-order chi connectivity index (χ0) is 22.7. The topological polar surface area (TPSA) is 29.4 Å². The van der Waals surface area contributed by atoms with Crippen LogP contribution in [0.25, 0.3) is 0 Å². The maximum atomic E-state index is 12.9. The summed E-state index contributed by atoms with van der Waals surface area (Å²) in [6.45, 7) is 0. The molecule has 0 aromatic heterocycles.